The molecule has 0 aromatic heterocycles. The summed E-state index contributed by atoms with van der Waals surface area (Å²) < 4.78 is 50.1. The second-order valence-corrected chi connectivity index (χ2v) is 5.12. The maximum atomic E-state index is 12.9. The van der Waals surface area contributed by atoms with Gasteiger partial charge in [0.1, 0.15) is 0 Å². The number of carbonyl (C=O) groups excluding carboxylic acids is 1. The minimum Gasteiger partial charge on any atom is -0.340 e. The van der Waals surface area contributed by atoms with E-state index in [1.807, 2.05) is 0 Å². The van der Waals surface area contributed by atoms with Gasteiger partial charge in [-0.2, -0.15) is 8.78 Å². The van der Waals surface area contributed by atoms with Gasteiger partial charge in [-0.1, -0.05) is 6.92 Å². The minimum absolute atomic E-state index is 0. The van der Waals surface area contributed by atoms with Crippen LogP contribution in [0.2, 0.25) is 0 Å². The van der Waals surface area contributed by atoms with Crippen molar-refractivity contribution in [3.63, 3.8) is 0 Å². The molecule has 1 N–H and O–H groups in total. The van der Waals surface area contributed by atoms with Crippen molar-refractivity contribution in [1.82, 2.24) is 15.1 Å². The number of hydrogen-bond donors (Lipinski definition) is 1. The predicted molar refractivity (Wildman–Crippen MR) is 81.6 cm³/mol. The first-order chi connectivity index (χ1) is 9.27. The smallest absolute Gasteiger partial charge is 0.319 e. The number of hydrogen-bond acceptors (Lipinski definition) is 3. The Morgan fingerprint density at radius 3 is 2.09 bits per heavy atom. The molecule has 1 aliphatic rings. The number of carbonyl (C=O) groups is 1. The minimum atomic E-state index is -3.99. The number of nitrogens with one attached hydrogen (secondary N) is 1. The normalized spacial score (nSPS) is 17.7. The SMILES string of the molecule is CNCC(C)C(=O)N1CCN(CC(F)(F)C(F)F)CC1.Cl.Cl. The number of nitrogens with zero attached hydrogens (tertiary/aromatic N) is 2. The Hall–Kier alpha value is -0.310. The molecule has 1 aliphatic heterocycles. The monoisotopic (exact) mass is 371 g/mol. The van der Waals surface area contributed by atoms with E-state index in [9.17, 15) is 22.4 Å². The van der Waals surface area contributed by atoms with Gasteiger partial charge < -0.3 is 10.2 Å². The van der Waals surface area contributed by atoms with Gasteiger partial charge in [0.15, 0.2) is 0 Å². The molecule has 0 aliphatic carbocycles. The number of alkyl halides is 4. The lowest BCUT2D eigenvalue weighted by atomic mass is 10.1. The zero-order valence-electron chi connectivity index (χ0n) is 12.5. The molecule has 0 radical (unpaired) electrons. The van der Waals surface area contributed by atoms with E-state index in [0.29, 0.717) is 19.6 Å². The van der Waals surface area contributed by atoms with Crippen LogP contribution in [0.15, 0.2) is 0 Å². The van der Waals surface area contributed by atoms with Crippen LogP contribution in [-0.4, -0.2) is 74.4 Å². The van der Waals surface area contributed by atoms with E-state index >= 15 is 0 Å². The van der Waals surface area contributed by atoms with E-state index in [1.54, 1.807) is 18.9 Å². The van der Waals surface area contributed by atoms with Gasteiger partial charge >= 0.3 is 12.3 Å². The molecule has 1 fully saturated rings. The van der Waals surface area contributed by atoms with Gasteiger partial charge in [-0.15, -0.1) is 24.8 Å². The Morgan fingerprint density at radius 2 is 1.68 bits per heavy atom. The van der Waals surface area contributed by atoms with Gasteiger partial charge in [0.05, 0.1) is 6.54 Å². The second kappa shape index (κ2) is 10.5. The second-order valence-electron chi connectivity index (χ2n) is 5.12. The molecule has 1 heterocycles. The average molecular weight is 372 g/mol. The van der Waals surface area contributed by atoms with Gasteiger partial charge in [0, 0.05) is 38.6 Å². The lowest BCUT2D eigenvalue weighted by molar-refractivity contribution is -0.149. The summed E-state index contributed by atoms with van der Waals surface area (Å²) >= 11 is 0. The van der Waals surface area contributed by atoms with E-state index in [1.165, 1.54) is 4.90 Å². The Bertz CT molecular complexity index is 329. The van der Waals surface area contributed by atoms with E-state index < -0.39 is 18.9 Å². The fraction of sp³-hybridized carbons (Fsp3) is 0.917. The Kier molecular flexibility index (Phi) is 11.4. The first-order valence-corrected chi connectivity index (χ1v) is 6.59. The number of piperazine rings is 1. The molecule has 134 valence electrons. The van der Waals surface area contributed by atoms with Crippen LogP contribution in [0.4, 0.5) is 17.6 Å². The topological polar surface area (TPSA) is 35.6 Å². The first kappa shape index (κ1) is 23.9. The van der Waals surface area contributed by atoms with Crippen LogP contribution in [-0.2, 0) is 4.79 Å². The van der Waals surface area contributed by atoms with Gasteiger partial charge in [0.25, 0.3) is 0 Å². The molecule has 1 saturated heterocycles. The third-order valence-corrected chi connectivity index (χ3v) is 3.37. The molecule has 10 heteroatoms. The van der Waals surface area contributed by atoms with Crippen LogP contribution in [0.25, 0.3) is 0 Å². The van der Waals surface area contributed by atoms with Crippen molar-refractivity contribution in [3.05, 3.63) is 0 Å². The summed E-state index contributed by atoms with van der Waals surface area (Å²) in [6.45, 7) is 2.36. The molecule has 0 bridgehead atoms. The maximum Gasteiger partial charge on any atom is 0.319 e. The van der Waals surface area contributed by atoms with E-state index in [4.69, 9.17) is 0 Å². The zero-order valence-corrected chi connectivity index (χ0v) is 14.2. The zero-order chi connectivity index (χ0) is 15.3. The molecule has 1 rings (SSSR count). The van der Waals surface area contributed by atoms with Crippen molar-refractivity contribution >= 4 is 30.7 Å². The average Bonchev–Trinajstić information content (AvgIpc) is 2.38. The van der Waals surface area contributed by atoms with E-state index in [-0.39, 0.29) is 49.7 Å². The maximum absolute atomic E-state index is 12.9. The molecule has 1 atom stereocenters. The molecule has 4 nitrogen and oxygen atoms in total. The number of rotatable bonds is 6. The van der Waals surface area contributed by atoms with Gasteiger partial charge in [-0.05, 0) is 7.05 Å². The molecule has 0 aromatic rings. The highest BCUT2D eigenvalue weighted by molar-refractivity contribution is 5.85. The number of amides is 1. The van der Waals surface area contributed by atoms with Crippen LogP contribution < -0.4 is 5.32 Å². The van der Waals surface area contributed by atoms with Crippen LogP contribution >= 0.6 is 24.8 Å². The van der Waals surface area contributed by atoms with Gasteiger partial charge in [0.2, 0.25) is 5.91 Å². The predicted octanol–water partition coefficient (Wildman–Crippen LogP) is 1.73. The Labute approximate surface area is 140 Å². The van der Waals surface area contributed by atoms with Gasteiger partial charge in [-0.3, -0.25) is 9.69 Å². The van der Waals surface area contributed by atoms with Crippen molar-refractivity contribution in [2.24, 2.45) is 5.92 Å². The Morgan fingerprint density at radius 1 is 1.18 bits per heavy atom. The summed E-state index contributed by atoms with van der Waals surface area (Å²) in [7, 11) is 1.74. The third-order valence-electron chi connectivity index (χ3n) is 3.37. The highest BCUT2D eigenvalue weighted by Crippen LogP contribution is 2.24. The lowest BCUT2D eigenvalue weighted by Gasteiger charge is -2.37. The fourth-order valence-corrected chi connectivity index (χ4v) is 2.20. The first-order valence-electron chi connectivity index (χ1n) is 6.59. The lowest BCUT2D eigenvalue weighted by Crippen LogP contribution is -2.54. The molecule has 0 saturated carbocycles. The summed E-state index contributed by atoms with van der Waals surface area (Å²) in [5.41, 5.74) is 0. The Balaban J connectivity index is 0. The molecule has 1 unspecified atom stereocenters. The van der Waals surface area contributed by atoms with Crippen molar-refractivity contribution in [2.75, 3.05) is 46.3 Å². The summed E-state index contributed by atoms with van der Waals surface area (Å²) in [6.07, 6.45) is -3.65. The van der Waals surface area contributed by atoms with Crippen molar-refractivity contribution in [2.45, 2.75) is 19.3 Å². The van der Waals surface area contributed by atoms with Crippen molar-refractivity contribution < 1.29 is 22.4 Å². The van der Waals surface area contributed by atoms with E-state index in [0.717, 1.165) is 0 Å². The van der Waals surface area contributed by atoms with Gasteiger partial charge in [-0.25, -0.2) is 8.78 Å². The molecule has 0 aromatic carbocycles. The molecule has 1 amide bonds. The molecule has 0 spiro atoms. The standard InChI is InChI=1S/C12H21F4N3O.2ClH/c1-9(7-17-2)10(20)19-5-3-18(4-6-19)8-12(15,16)11(13)14;;/h9,11,17H,3-8H2,1-2H3;2*1H. The van der Waals surface area contributed by atoms with Crippen LogP contribution in [0.1, 0.15) is 6.92 Å². The van der Waals surface area contributed by atoms with Crippen molar-refractivity contribution in [3.8, 4) is 0 Å². The largest absolute Gasteiger partial charge is 0.340 e. The summed E-state index contributed by atoms with van der Waals surface area (Å²) in [4.78, 5) is 14.9. The summed E-state index contributed by atoms with van der Waals surface area (Å²) in [5, 5.41) is 2.90. The van der Waals surface area contributed by atoms with E-state index in [2.05, 4.69) is 5.32 Å². The summed E-state index contributed by atoms with van der Waals surface area (Å²) in [5.74, 6) is -4.22. The fourth-order valence-electron chi connectivity index (χ4n) is 2.20. The quantitative estimate of drug-likeness (QED) is 0.722. The van der Waals surface area contributed by atoms with Crippen LogP contribution in [0.3, 0.4) is 0 Å². The van der Waals surface area contributed by atoms with Crippen LogP contribution in [0.5, 0.6) is 0 Å². The van der Waals surface area contributed by atoms with Crippen molar-refractivity contribution in [1.29, 1.82) is 0 Å². The highest BCUT2D eigenvalue weighted by atomic mass is 35.5. The third kappa shape index (κ3) is 6.85. The van der Waals surface area contributed by atoms with Crippen LogP contribution in [0, 0.1) is 5.92 Å². The molecular formula is C12H23Cl2F4N3O. The summed E-state index contributed by atoms with van der Waals surface area (Å²) in [6, 6.07) is 0. The number of halogens is 6. The highest BCUT2D eigenvalue weighted by Gasteiger charge is 2.42. The molecular weight excluding hydrogens is 349 g/mol. The molecule has 22 heavy (non-hydrogen) atoms.